The van der Waals surface area contributed by atoms with Crippen molar-refractivity contribution in [3.8, 4) is 6.07 Å². The van der Waals surface area contributed by atoms with E-state index in [2.05, 4.69) is 11.1 Å². The molecule has 2 aromatic heterocycles. The number of hydrogen-bond donors (Lipinski definition) is 0. The second-order valence-electron chi connectivity index (χ2n) is 5.11. The standard InChI is InChI=1S/C13H13N3OS/c1-9-6-18-11-10(9)15-8-16(12(11)17)7-13(2-3-13)4-5-14/h6,8H,2-4,7H2,1H3. The minimum absolute atomic E-state index is 0.0280. The average Bonchev–Trinajstić information content (AvgIpc) is 2.99. The van der Waals surface area contributed by atoms with Crippen molar-refractivity contribution < 1.29 is 0 Å². The molecular weight excluding hydrogens is 246 g/mol. The summed E-state index contributed by atoms with van der Waals surface area (Å²) in [4.78, 5) is 16.7. The van der Waals surface area contributed by atoms with Gasteiger partial charge < -0.3 is 0 Å². The Kier molecular flexibility index (Phi) is 2.49. The largest absolute Gasteiger partial charge is 0.297 e. The van der Waals surface area contributed by atoms with Crippen molar-refractivity contribution in [2.24, 2.45) is 5.41 Å². The van der Waals surface area contributed by atoms with Gasteiger partial charge in [0.1, 0.15) is 4.70 Å². The topological polar surface area (TPSA) is 58.7 Å². The first-order valence-electron chi connectivity index (χ1n) is 5.95. The molecule has 0 amide bonds. The number of fused-ring (bicyclic) bond motifs is 1. The van der Waals surface area contributed by atoms with Crippen LogP contribution in [0.2, 0.25) is 0 Å². The molecule has 0 N–H and O–H groups in total. The quantitative estimate of drug-likeness (QED) is 0.850. The van der Waals surface area contributed by atoms with Gasteiger partial charge in [0.05, 0.1) is 17.9 Å². The van der Waals surface area contributed by atoms with E-state index in [1.165, 1.54) is 11.3 Å². The van der Waals surface area contributed by atoms with Gasteiger partial charge >= 0.3 is 0 Å². The molecule has 0 unspecified atom stereocenters. The van der Waals surface area contributed by atoms with Gasteiger partial charge in [-0.1, -0.05) is 0 Å². The number of nitrogens with zero attached hydrogens (tertiary/aromatic N) is 3. The molecule has 1 saturated carbocycles. The Balaban J connectivity index is 2.01. The van der Waals surface area contributed by atoms with Crippen LogP contribution in [0.1, 0.15) is 24.8 Å². The third-order valence-electron chi connectivity index (χ3n) is 3.64. The zero-order valence-electron chi connectivity index (χ0n) is 10.1. The van der Waals surface area contributed by atoms with Gasteiger partial charge in [-0.25, -0.2) is 4.98 Å². The molecule has 0 saturated heterocycles. The number of nitriles is 1. The van der Waals surface area contributed by atoms with Crippen molar-refractivity contribution in [2.45, 2.75) is 32.7 Å². The number of rotatable bonds is 3. The molecule has 4 nitrogen and oxygen atoms in total. The molecule has 1 aliphatic carbocycles. The molecule has 0 atom stereocenters. The highest BCUT2D eigenvalue weighted by atomic mass is 32.1. The molecule has 3 rings (SSSR count). The van der Waals surface area contributed by atoms with Crippen molar-refractivity contribution in [2.75, 3.05) is 0 Å². The fourth-order valence-corrected chi connectivity index (χ4v) is 3.22. The maximum atomic E-state index is 12.3. The van der Waals surface area contributed by atoms with Gasteiger partial charge in [-0.05, 0) is 30.7 Å². The Morgan fingerprint density at radius 1 is 1.61 bits per heavy atom. The summed E-state index contributed by atoms with van der Waals surface area (Å²) in [6.07, 6.45) is 4.23. The SMILES string of the molecule is Cc1csc2c(=O)n(CC3(CC#N)CC3)cnc12. The van der Waals surface area contributed by atoms with E-state index in [1.54, 1.807) is 10.9 Å². The van der Waals surface area contributed by atoms with Crippen LogP contribution >= 0.6 is 11.3 Å². The lowest BCUT2D eigenvalue weighted by atomic mass is 10.0. The predicted molar refractivity (Wildman–Crippen MR) is 70.5 cm³/mol. The minimum Gasteiger partial charge on any atom is -0.297 e. The first-order chi connectivity index (χ1) is 8.65. The smallest absolute Gasteiger partial charge is 0.271 e. The van der Waals surface area contributed by atoms with E-state index < -0.39 is 0 Å². The van der Waals surface area contributed by atoms with Crippen LogP contribution < -0.4 is 5.56 Å². The highest BCUT2D eigenvalue weighted by Crippen LogP contribution is 2.49. The fourth-order valence-electron chi connectivity index (χ4n) is 2.27. The maximum absolute atomic E-state index is 12.3. The summed E-state index contributed by atoms with van der Waals surface area (Å²) in [5.74, 6) is 0. The lowest BCUT2D eigenvalue weighted by Crippen LogP contribution is -2.24. The van der Waals surface area contributed by atoms with Crippen LogP contribution in [0.25, 0.3) is 10.2 Å². The molecule has 0 bridgehead atoms. The van der Waals surface area contributed by atoms with Crippen molar-refractivity contribution >= 4 is 21.6 Å². The zero-order chi connectivity index (χ0) is 12.8. The Morgan fingerprint density at radius 3 is 3.06 bits per heavy atom. The molecule has 0 aromatic carbocycles. The molecule has 5 heteroatoms. The summed E-state index contributed by atoms with van der Waals surface area (Å²) in [7, 11) is 0. The monoisotopic (exact) mass is 259 g/mol. The van der Waals surface area contributed by atoms with E-state index in [1.807, 2.05) is 12.3 Å². The van der Waals surface area contributed by atoms with E-state index >= 15 is 0 Å². The summed E-state index contributed by atoms with van der Waals surface area (Å²) in [5.41, 5.74) is 1.92. The van der Waals surface area contributed by atoms with Crippen molar-refractivity contribution in [3.05, 3.63) is 27.6 Å². The fraction of sp³-hybridized carbons (Fsp3) is 0.462. The van der Waals surface area contributed by atoms with Crippen LogP contribution in [0.4, 0.5) is 0 Å². The van der Waals surface area contributed by atoms with Gasteiger partial charge in [0.25, 0.3) is 5.56 Å². The first-order valence-corrected chi connectivity index (χ1v) is 6.83. The highest BCUT2D eigenvalue weighted by Gasteiger charge is 2.43. The number of aryl methyl sites for hydroxylation is 1. The number of thiophene rings is 1. The Morgan fingerprint density at radius 2 is 2.39 bits per heavy atom. The highest BCUT2D eigenvalue weighted by molar-refractivity contribution is 7.17. The van der Waals surface area contributed by atoms with E-state index in [0.29, 0.717) is 13.0 Å². The van der Waals surface area contributed by atoms with Crippen molar-refractivity contribution in [3.63, 3.8) is 0 Å². The molecule has 1 fully saturated rings. The lowest BCUT2D eigenvalue weighted by molar-refractivity contribution is 0.422. The van der Waals surface area contributed by atoms with E-state index in [0.717, 1.165) is 28.6 Å². The van der Waals surface area contributed by atoms with Crippen molar-refractivity contribution in [1.82, 2.24) is 9.55 Å². The van der Waals surface area contributed by atoms with Crippen LogP contribution in [0.3, 0.4) is 0 Å². The minimum atomic E-state index is 0.0280. The van der Waals surface area contributed by atoms with Gasteiger partial charge in [0.15, 0.2) is 0 Å². The zero-order valence-corrected chi connectivity index (χ0v) is 11.0. The van der Waals surface area contributed by atoms with Crippen LogP contribution in [0.15, 0.2) is 16.5 Å². The van der Waals surface area contributed by atoms with E-state index in [-0.39, 0.29) is 11.0 Å². The van der Waals surface area contributed by atoms with E-state index in [9.17, 15) is 4.79 Å². The molecule has 0 radical (unpaired) electrons. The second kappa shape index (κ2) is 3.92. The van der Waals surface area contributed by atoms with Gasteiger partial charge in [-0.3, -0.25) is 9.36 Å². The van der Waals surface area contributed by atoms with Crippen LogP contribution in [-0.4, -0.2) is 9.55 Å². The summed E-state index contributed by atoms with van der Waals surface area (Å²) < 4.78 is 2.39. The van der Waals surface area contributed by atoms with Crippen LogP contribution in [-0.2, 0) is 6.54 Å². The summed E-state index contributed by atoms with van der Waals surface area (Å²) in [6.45, 7) is 2.59. The Bertz CT molecular complexity index is 703. The first kappa shape index (κ1) is 11.4. The van der Waals surface area contributed by atoms with E-state index in [4.69, 9.17) is 5.26 Å². The lowest BCUT2D eigenvalue weighted by Gasteiger charge is -2.12. The second-order valence-corrected chi connectivity index (χ2v) is 5.99. The number of hydrogen-bond acceptors (Lipinski definition) is 4. The Hall–Kier alpha value is -1.67. The third kappa shape index (κ3) is 1.73. The normalized spacial score (nSPS) is 16.7. The van der Waals surface area contributed by atoms with Gasteiger partial charge in [-0.2, -0.15) is 5.26 Å². The van der Waals surface area contributed by atoms with Gasteiger partial charge in [-0.15, -0.1) is 11.3 Å². The molecule has 2 heterocycles. The summed E-state index contributed by atoms with van der Waals surface area (Å²) in [6, 6.07) is 2.22. The van der Waals surface area contributed by atoms with Crippen LogP contribution in [0, 0.1) is 23.7 Å². The summed E-state index contributed by atoms with van der Waals surface area (Å²) >= 11 is 1.45. The molecule has 2 aromatic rings. The molecule has 92 valence electrons. The molecular formula is C13H13N3OS. The molecule has 1 aliphatic rings. The molecule has 0 spiro atoms. The predicted octanol–water partition coefficient (Wildman–Crippen LogP) is 2.46. The van der Waals surface area contributed by atoms with Crippen LogP contribution in [0.5, 0.6) is 0 Å². The van der Waals surface area contributed by atoms with Gasteiger partial charge in [0, 0.05) is 18.4 Å². The molecule has 0 aliphatic heterocycles. The Labute approximate surface area is 109 Å². The maximum Gasteiger partial charge on any atom is 0.271 e. The average molecular weight is 259 g/mol. The third-order valence-corrected chi connectivity index (χ3v) is 4.72. The summed E-state index contributed by atoms with van der Waals surface area (Å²) in [5, 5.41) is 10.8. The van der Waals surface area contributed by atoms with Crippen molar-refractivity contribution in [1.29, 1.82) is 5.26 Å². The molecule has 18 heavy (non-hydrogen) atoms. The van der Waals surface area contributed by atoms with Gasteiger partial charge in [0.2, 0.25) is 0 Å². The number of aromatic nitrogens is 2.